The Balaban J connectivity index is 2.08. The fourth-order valence-electron chi connectivity index (χ4n) is 3.37. The van der Waals surface area contributed by atoms with E-state index in [1.54, 1.807) is 0 Å². The number of nitriles is 1. The number of hydrogen-bond acceptors (Lipinski definition) is 3. The van der Waals surface area contributed by atoms with Gasteiger partial charge in [0.1, 0.15) is 5.60 Å². The summed E-state index contributed by atoms with van der Waals surface area (Å²) in [7, 11) is 0. The van der Waals surface area contributed by atoms with Crippen LogP contribution in [-0.4, -0.2) is 24.6 Å². The second-order valence-electron chi connectivity index (χ2n) is 5.76. The molecule has 3 rings (SSSR count). The highest BCUT2D eigenvalue weighted by Gasteiger charge is 2.44. The van der Waals surface area contributed by atoms with Crippen LogP contribution in [0, 0.1) is 11.3 Å². The predicted molar refractivity (Wildman–Crippen MR) is 86.1 cm³/mol. The molecule has 1 aliphatic heterocycles. The van der Waals surface area contributed by atoms with Crippen LogP contribution in [0.25, 0.3) is 0 Å². The Kier molecular flexibility index (Phi) is 4.24. The third-order valence-electron chi connectivity index (χ3n) is 4.40. The SMILES string of the molecule is CC1(c2ccccc2)OCCN(CC#N)C1c1ccccc1. The first-order valence-corrected chi connectivity index (χ1v) is 7.61. The molecule has 0 amide bonds. The third kappa shape index (κ3) is 2.64. The summed E-state index contributed by atoms with van der Waals surface area (Å²) in [6.07, 6.45) is 0. The maximum atomic E-state index is 9.19. The molecule has 0 bridgehead atoms. The van der Waals surface area contributed by atoms with Crippen LogP contribution in [0.1, 0.15) is 24.1 Å². The molecule has 1 heterocycles. The molecule has 0 N–H and O–H groups in total. The predicted octanol–water partition coefficient (Wildman–Crippen LogP) is 3.50. The van der Waals surface area contributed by atoms with Crippen molar-refractivity contribution in [1.82, 2.24) is 4.90 Å². The van der Waals surface area contributed by atoms with Gasteiger partial charge in [0.2, 0.25) is 0 Å². The normalized spacial score (nSPS) is 25.5. The first-order valence-electron chi connectivity index (χ1n) is 7.61. The molecule has 112 valence electrons. The Morgan fingerprint density at radius 1 is 1.14 bits per heavy atom. The Bertz CT molecular complexity index is 650. The molecule has 0 saturated carbocycles. The Labute approximate surface area is 131 Å². The lowest BCUT2D eigenvalue weighted by Crippen LogP contribution is -2.50. The third-order valence-corrected chi connectivity index (χ3v) is 4.40. The molecule has 1 fully saturated rings. The average Bonchev–Trinajstić information content (AvgIpc) is 2.57. The summed E-state index contributed by atoms with van der Waals surface area (Å²) in [5.74, 6) is 0. The summed E-state index contributed by atoms with van der Waals surface area (Å²) < 4.78 is 6.24. The van der Waals surface area contributed by atoms with Crippen LogP contribution >= 0.6 is 0 Å². The van der Waals surface area contributed by atoms with Crippen molar-refractivity contribution in [3.8, 4) is 6.07 Å². The van der Waals surface area contributed by atoms with Crippen molar-refractivity contribution in [2.45, 2.75) is 18.6 Å². The molecule has 0 spiro atoms. The van der Waals surface area contributed by atoms with Crippen molar-refractivity contribution in [1.29, 1.82) is 5.26 Å². The lowest BCUT2D eigenvalue weighted by atomic mass is 9.81. The van der Waals surface area contributed by atoms with E-state index in [2.05, 4.69) is 42.2 Å². The van der Waals surface area contributed by atoms with Crippen LogP contribution in [0.5, 0.6) is 0 Å². The summed E-state index contributed by atoms with van der Waals surface area (Å²) >= 11 is 0. The van der Waals surface area contributed by atoms with Gasteiger partial charge >= 0.3 is 0 Å². The molecule has 1 saturated heterocycles. The molecule has 0 aliphatic carbocycles. The van der Waals surface area contributed by atoms with Crippen molar-refractivity contribution in [3.05, 3.63) is 71.8 Å². The molecule has 2 unspecified atom stereocenters. The molecule has 1 aliphatic rings. The zero-order valence-corrected chi connectivity index (χ0v) is 12.8. The quantitative estimate of drug-likeness (QED) is 0.812. The van der Waals surface area contributed by atoms with E-state index in [1.807, 2.05) is 36.4 Å². The van der Waals surface area contributed by atoms with Gasteiger partial charge in [0.15, 0.2) is 0 Å². The minimum Gasteiger partial charge on any atom is -0.367 e. The highest BCUT2D eigenvalue weighted by molar-refractivity contribution is 5.31. The van der Waals surface area contributed by atoms with Gasteiger partial charge in [-0.2, -0.15) is 5.26 Å². The number of ether oxygens (including phenoxy) is 1. The highest BCUT2D eigenvalue weighted by Crippen LogP contribution is 2.44. The zero-order valence-electron chi connectivity index (χ0n) is 12.8. The van der Waals surface area contributed by atoms with Gasteiger partial charge in [0, 0.05) is 6.54 Å². The number of nitrogens with zero attached hydrogens (tertiary/aromatic N) is 2. The standard InChI is InChI=1S/C19H20N2O/c1-19(17-10-6-3-7-11-17)18(16-8-4-2-5-9-16)21(13-12-20)14-15-22-19/h2-11,18H,13-15H2,1H3. The first kappa shape index (κ1) is 14.8. The molecule has 22 heavy (non-hydrogen) atoms. The molecule has 3 heteroatoms. The van der Waals surface area contributed by atoms with E-state index in [0.717, 1.165) is 12.1 Å². The number of benzene rings is 2. The second-order valence-corrected chi connectivity index (χ2v) is 5.76. The molecular weight excluding hydrogens is 272 g/mol. The maximum absolute atomic E-state index is 9.19. The van der Waals surface area contributed by atoms with Crippen molar-refractivity contribution in [3.63, 3.8) is 0 Å². The molecule has 2 aromatic carbocycles. The summed E-state index contributed by atoms with van der Waals surface area (Å²) in [5.41, 5.74) is 1.87. The molecular formula is C19H20N2O. The lowest BCUT2D eigenvalue weighted by molar-refractivity contribution is -0.143. The largest absolute Gasteiger partial charge is 0.367 e. The zero-order chi connectivity index (χ0) is 15.4. The monoisotopic (exact) mass is 292 g/mol. The molecule has 2 aromatic rings. The fourth-order valence-corrected chi connectivity index (χ4v) is 3.37. The molecule has 2 atom stereocenters. The minimum atomic E-state index is -0.461. The van der Waals surface area contributed by atoms with Crippen molar-refractivity contribution < 1.29 is 4.74 Å². The van der Waals surface area contributed by atoms with Gasteiger partial charge in [0.25, 0.3) is 0 Å². The molecule has 0 radical (unpaired) electrons. The average molecular weight is 292 g/mol. The van der Waals surface area contributed by atoms with E-state index in [4.69, 9.17) is 4.74 Å². The Morgan fingerprint density at radius 2 is 1.77 bits per heavy atom. The molecule has 0 aromatic heterocycles. The lowest BCUT2D eigenvalue weighted by Gasteiger charge is -2.48. The van der Waals surface area contributed by atoms with E-state index < -0.39 is 5.60 Å². The van der Waals surface area contributed by atoms with Gasteiger partial charge in [-0.3, -0.25) is 4.90 Å². The fraction of sp³-hybridized carbons (Fsp3) is 0.316. The van der Waals surface area contributed by atoms with Gasteiger partial charge in [-0.15, -0.1) is 0 Å². The van der Waals surface area contributed by atoms with Crippen LogP contribution in [0.3, 0.4) is 0 Å². The first-order chi connectivity index (χ1) is 10.8. The maximum Gasteiger partial charge on any atom is 0.110 e. The minimum absolute atomic E-state index is 0.0319. The van der Waals surface area contributed by atoms with Gasteiger partial charge in [0.05, 0.1) is 25.3 Å². The van der Waals surface area contributed by atoms with Crippen LogP contribution in [0.15, 0.2) is 60.7 Å². The summed E-state index contributed by atoms with van der Waals surface area (Å²) in [6, 6.07) is 23.0. The van der Waals surface area contributed by atoms with Crippen molar-refractivity contribution in [2.75, 3.05) is 19.7 Å². The van der Waals surface area contributed by atoms with Gasteiger partial charge in [-0.05, 0) is 18.1 Å². The van der Waals surface area contributed by atoms with Crippen molar-refractivity contribution in [2.24, 2.45) is 0 Å². The van der Waals surface area contributed by atoms with E-state index >= 15 is 0 Å². The second kappa shape index (κ2) is 6.31. The van der Waals surface area contributed by atoms with Crippen LogP contribution < -0.4 is 0 Å². The summed E-state index contributed by atoms with van der Waals surface area (Å²) in [5, 5.41) is 9.19. The smallest absolute Gasteiger partial charge is 0.110 e. The topological polar surface area (TPSA) is 36.3 Å². The van der Waals surface area contributed by atoms with E-state index in [9.17, 15) is 5.26 Å². The summed E-state index contributed by atoms with van der Waals surface area (Å²) in [4.78, 5) is 2.21. The Morgan fingerprint density at radius 3 is 2.41 bits per heavy atom. The van der Waals surface area contributed by atoms with Gasteiger partial charge < -0.3 is 4.74 Å². The number of morpholine rings is 1. The highest BCUT2D eigenvalue weighted by atomic mass is 16.5. The van der Waals surface area contributed by atoms with E-state index in [0.29, 0.717) is 13.2 Å². The van der Waals surface area contributed by atoms with Crippen LogP contribution in [0.2, 0.25) is 0 Å². The van der Waals surface area contributed by atoms with Crippen LogP contribution in [-0.2, 0) is 10.3 Å². The molecule has 3 nitrogen and oxygen atoms in total. The van der Waals surface area contributed by atoms with Crippen LogP contribution in [0.4, 0.5) is 0 Å². The van der Waals surface area contributed by atoms with E-state index in [-0.39, 0.29) is 6.04 Å². The summed E-state index contributed by atoms with van der Waals surface area (Å²) in [6.45, 7) is 3.95. The van der Waals surface area contributed by atoms with Gasteiger partial charge in [-0.1, -0.05) is 60.7 Å². The Hall–Kier alpha value is -2.15. The van der Waals surface area contributed by atoms with Crippen molar-refractivity contribution >= 4 is 0 Å². The number of rotatable bonds is 3. The van der Waals surface area contributed by atoms with E-state index in [1.165, 1.54) is 5.56 Å². The van der Waals surface area contributed by atoms with Gasteiger partial charge in [-0.25, -0.2) is 0 Å². The number of hydrogen-bond donors (Lipinski definition) is 0.